The van der Waals surface area contributed by atoms with Gasteiger partial charge in [0.2, 0.25) is 0 Å². The summed E-state index contributed by atoms with van der Waals surface area (Å²) >= 11 is 0. The van der Waals surface area contributed by atoms with E-state index in [9.17, 15) is 21.6 Å². The van der Waals surface area contributed by atoms with Crippen LogP contribution in [-0.4, -0.2) is 15.0 Å². The molecule has 0 saturated heterocycles. The van der Waals surface area contributed by atoms with Crippen LogP contribution in [0.5, 0.6) is 0 Å². The van der Waals surface area contributed by atoms with Crippen molar-refractivity contribution in [2.24, 2.45) is 5.14 Å². The van der Waals surface area contributed by atoms with E-state index in [2.05, 4.69) is 9.32 Å². The van der Waals surface area contributed by atoms with Crippen molar-refractivity contribution in [2.45, 2.75) is 6.42 Å². The Labute approximate surface area is 90.1 Å². The Hall–Kier alpha value is -1.12. The normalized spacial score (nSPS) is 11.8. The van der Waals surface area contributed by atoms with Gasteiger partial charge in [0.25, 0.3) is 0 Å². The molecule has 0 heterocycles. The first-order chi connectivity index (χ1) is 7.29. The fraction of sp³-hybridized carbons (Fsp3) is 0.250. The number of benzene rings is 1. The number of hydrogen-bond donors (Lipinski definition) is 1. The molecule has 0 radical (unpaired) electrons. The molecule has 0 aliphatic carbocycles. The van der Waals surface area contributed by atoms with Crippen LogP contribution in [0.4, 0.5) is 13.2 Å². The van der Waals surface area contributed by atoms with Gasteiger partial charge in [-0.3, -0.25) is 4.18 Å². The summed E-state index contributed by atoms with van der Waals surface area (Å²) in [6.45, 7) is -0.444. The first-order valence-corrected chi connectivity index (χ1v) is 5.57. The lowest BCUT2D eigenvalue weighted by Crippen LogP contribution is -2.17. The van der Waals surface area contributed by atoms with Crippen molar-refractivity contribution in [2.75, 3.05) is 6.61 Å². The number of halogens is 3. The molecule has 1 rings (SSSR count). The molecule has 0 aliphatic heterocycles. The lowest BCUT2D eigenvalue weighted by molar-refractivity contribution is 0.320. The Balaban J connectivity index is 2.71. The van der Waals surface area contributed by atoms with Crippen molar-refractivity contribution in [3.8, 4) is 0 Å². The van der Waals surface area contributed by atoms with Crippen LogP contribution >= 0.6 is 0 Å². The lowest BCUT2D eigenvalue weighted by atomic mass is 10.1. The van der Waals surface area contributed by atoms with Gasteiger partial charge in [0, 0.05) is 12.5 Å². The second-order valence-electron chi connectivity index (χ2n) is 2.92. The third-order valence-corrected chi connectivity index (χ3v) is 2.20. The molecule has 0 amide bonds. The van der Waals surface area contributed by atoms with Gasteiger partial charge in [-0.15, -0.1) is 0 Å². The van der Waals surface area contributed by atoms with Crippen LogP contribution in [0.25, 0.3) is 0 Å². The lowest BCUT2D eigenvalue weighted by Gasteiger charge is -2.04. The van der Waals surface area contributed by atoms with Crippen LogP contribution in [0, 0.1) is 17.5 Å². The molecule has 0 fully saturated rings. The van der Waals surface area contributed by atoms with Crippen LogP contribution in [-0.2, 0) is 20.9 Å². The molecule has 1 aromatic rings. The van der Waals surface area contributed by atoms with E-state index in [1.54, 1.807) is 0 Å². The highest BCUT2D eigenvalue weighted by atomic mass is 32.2. The molecular weight excluding hydrogens is 247 g/mol. The average molecular weight is 255 g/mol. The summed E-state index contributed by atoms with van der Waals surface area (Å²) in [5.74, 6) is -3.50. The van der Waals surface area contributed by atoms with Gasteiger partial charge >= 0.3 is 10.3 Å². The third kappa shape index (κ3) is 3.80. The average Bonchev–Trinajstić information content (AvgIpc) is 2.11. The molecule has 0 spiro atoms. The second kappa shape index (κ2) is 4.81. The zero-order chi connectivity index (χ0) is 12.3. The summed E-state index contributed by atoms with van der Waals surface area (Å²) in [6, 6.07) is 1.01. The first kappa shape index (κ1) is 12.9. The summed E-state index contributed by atoms with van der Waals surface area (Å²) in [5, 5.41) is 4.51. The highest BCUT2D eigenvalue weighted by molar-refractivity contribution is 7.84. The zero-order valence-electron chi connectivity index (χ0n) is 7.91. The highest BCUT2D eigenvalue weighted by Gasteiger charge is 2.10. The van der Waals surface area contributed by atoms with Gasteiger partial charge in [-0.1, -0.05) is 0 Å². The molecule has 1 aromatic carbocycles. The van der Waals surface area contributed by atoms with E-state index in [0.29, 0.717) is 12.1 Å². The van der Waals surface area contributed by atoms with Crippen molar-refractivity contribution in [3.63, 3.8) is 0 Å². The van der Waals surface area contributed by atoms with E-state index in [1.165, 1.54) is 0 Å². The third-order valence-electron chi connectivity index (χ3n) is 1.71. The van der Waals surface area contributed by atoms with Crippen LogP contribution in [0.15, 0.2) is 12.1 Å². The van der Waals surface area contributed by atoms with Crippen LogP contribution < -0.4 is 5.14 Å². The van der Waals surface area contributed by atoms with Crippen LogP contribution in [0.3, 0.4) is 0 Å². The van der Waals surface area contributed by atoms with Gasteiger partial charge in [-0.25, -0.2) is 18.3 Å². The monoisotopic (exact) mass is 255 g/mol. The Kier molecular flexibility index (Phi) is 3.89. The van der Waals surface area contributed by atoms with Gasteiger partial charge in [0.15, 0.2) is 11.6 Å². The predicted molar refractivity (Wildman–Crippen MR) is 49.1 cm³/mol. The molecule has 2 N–H and O–H groups in total. The number of rotatable bonds is 4. The number of nitrogens with two attached hydrogens (primary N) is 1. The summed E-state index contributed by atoms with van der Waals surface area (Å²) in [4.78, 5) is 0. The van der Waals surface area contributed by atoms with Gasteiger partial charge in [-0.2, -0.15) is 8.42 Å². The standard InChI is InChI=1S/C8H8F3NO3S/c9-6-4-8(11)7(10)3-5(6)1-2-15-16(12,13)14/h3-4H,1-2H2,(H2,12,13,14). The van der Waals surface area contributed by atoms with Gasteiger partial charge < -0.3 is 0 Å². The van der Waals surface area contributed by atoms with E-state index in [-0.39, 0.29) is 12.0 Å². The Bertz CT molecular complexity index is 490. The van der Waals surface area contributed by atoms with E-state index in [0.717, 1.165) is 0 Å². The van der Waals surface area contributed by atoms with Crippen molar-refractivity contribution in [1.82, 2.24) is 0 Å². The predicted octanol–water partition coefficient (Wildman–Crippen LogP) is 0.867. The van der Waals surface area contributed by atoms with Crippen LogP contribution in [0.1, 0.15) is 5.56 Å². The molecule has 0 atom stereocenters. The molecule has 0 aromatic heterocycles. The van der Waals surface area contributed by atoms with E-state index < -0.39 is 34.4 Å². The first-order valence-electron chi connectivity index (χ1n) is 4.10. The van der Waals surface area contributed by atoms with Gasteiger partial charge in [-0.05, 0) is 11.6 Å². The Morgan fingerprint density at radius 1 is 1.12 bits per heavy atom. The minimum absolute atomic E-state index is 0.192. The van der Waals surface area contributed by atoms with Crippen molar-refractivity contribution >= 4 is 10.3 Å². The van der Waals surface area contributed by atoms with Crippen molar-refractivity contribution < 1.29 is 25.8 Å². The van der Waals surface area contributed by atoms with Crippen LogP contribution in [0.2, 0.25) is 0 Å². The summed E-state index contributed by atoms with van der Waals surface area (Å²) in [7, 11) is -4.12. The smallest absolute Gasteiger partial charge is 0.258 e. The maximum absolute atomic E-state index is 13.0. The fourth-order valence-electron chi connectivity index (χ4n) is 1.02. The molecule has 8 heteroatoms. The van der Waals surface area contributed by atoms with E-state index in [4.69, 9.17) is 0 Å². The number of hydrogen-bond acceptors (Lipinski definition) is 3. The Morgan fingerprint density at radius 2 is 1.69 bits per heavy atom. The topological polar surface area (TPSA) is 69.4 Å². The molecule has 90 valence electrons. The minimum Gasteiger partial charge on any atom is -0.258 e. The fourth-order valence-corrected chi connectivity index (χ4v) is 1.34. The summed E-state index contributed by atoms with van der Waals surface area (Å²) < 4.78 is 63.0. The largest absolute Gasteiger partial charge is 0.333 e. The quantitative estimate of drug-likeness (QED) is 0.811. The molecule has 0 bridgehead atoms. The minimum atomic E-state index is -4.12. The maximum atomic E-state index is 13.0. The molecule has 0 saturated carbocycles. The van der Waals surface area contributed by atoms with Crippen molar-refractivity contribution in [1.29, 1.82) is 0 Å². The van der Waals surface area contributed by atoms with E-state index >= 15 is 0 Å². The maximum Gasteiger partial charge on any atom is 0.333 e. The molecule has 0 unspecified atom stereocenters. The molecule has 16 heavy (non-hydrogen) atoms. The summed E-state index contributed by atoms with van der Waals surface area (Å²) in [6.07, 6.45) is -0.237. The molecular formula is C8H8F3NO3S. The van der Waals surface area contributed by atoms with Gasteiger partial charge in [0.1, 0.15) is 5.82 Å². The Morgan fingerprint density at radius 3 is 2.25 bits per heavy atom. The molecule has 0 aliphatic rings. The SMILES string of the molecule is NS(=O)(=O)OCCc1cc(F)c(F)cc1F. The zero-order valence-corrected chi connectivity index (χ0v) is 8.73. The van der Waals surface area contributed by atoms with Gasteiger partial charge in [0.05, 0.1) is 6.61 Å². The van der Waals surface area contributed by atoms with Crippen molar-refractivity contribution in [3.05, 3.63) is 35.1 Å². The molecule has 4 nitrogen and oxygen atoms in total. The van der Waals surface area contributed by atoms with E-state index in [1.807, 2.05) is 0 Å². The second-order valence-corrected chi connectivity index (χ2v) is 4.14. The summed E-state index contributed by atoms with van der Waals surface area (Å²) in [5.41, 5.74) is -0.192. The highest BCUT2D eigenvalue weighted by Crippen LogP contribution is 2.14.